The topological polar surface area (TPSA) is 52.1 Å². The molecule has 0 saturated heterocycles. The van der Waals surface area contributed by atoms with Crippen molar-refractivity contribution in [3.05, 3.63) is 23.3 Å². The predicted octanol–water partition coefficient (Wildman–Crippen LogP) is 1.59. The highest BCUT2D eigenvalue weighted by atomic mass is 19.4. The molecule has 0 aliphatic rings. The molecule has 0 N–H and O–H groups in total. The van der Waals surface area contributed by atoms with Gasteiger partial charge in [-0.2, -0.15) is 13.2 Å². The van der Waals surface area contributed by atoms with Crippen LogP contribution < -0.4 is 0 Å². The maximum absolute atomic E-state index is 12.3. The van der Waals surface area contributed by atoms with Crippen molar-refractivity contribution < 1.29 is 22.7 Å². The van der Waals surface area contributed by atoms with Crippen molar-refractivity contribution in [1.82, 2.24) is 9.97 Å². The first kappa shape index (κ1) is 11.4. The van der Waals surface area contributed by atoms with Gasteiger partial charge in [0.1, 0.15) is 5.69 Å². The van der Waals surface area contributed by atoms with Crippen LogP contribution in [0.5, 0.6) is 0 Å². The maximum atomic E-state index is 12.3. The molecule has 0 aliphatic carbocycles. The number of esters is 1. The zero-order valence-corrected chi connectivity index (χ0v) is 7.92. The first-order chi connectivity index (χ1) is 6.84. The van der Waals surface area contributed by atoms with Crippen molar-refractivity contribution in [2.45, 2.75) is 13.1 Å². The second-order valence-corrected chi connectivity index (χ2v) is 2.71. The molecule has 4 nitrogen and oxygen atoms in total. The minimum Gasteiger partial charge on any atom is -0.463 e. The second kappa shape index (κ2) is 3.84. The SMILES string of the molecule is COC(=O)c1nc(C)cc(C(F)(F)F)n1. The van der Waals surface area contributed by atoms with Crippen LogP contribution >= 0.6 is 0 Å². The largest absolute Gasteiger partial charge is 0.463 e. The van der Waals surface area contributed by atoms with Gasteiger partial charge in [-0.1, -0.05) is 0 Å². The predicted molar refractivity (Wildman–Crippen MR) is 43.1 cm³/mol. The fourth-order valence-corrected chi connectivity index (χ4v) is 0.896. The molecule has 0 fully saturated rings. The van der Waals surface area contributed by atoms with Crippen molar-refractivity contribution in [3.63, 3.8) is 0 Å². The lowest BCUT2D eigenvalue weighted by Crippen LogP contribution is -2.15. The first-order valence-electron chi connectivity index (χ1n) is 3.86. The van der Waals surface area contributed by atoms with Gasteiger partial charge >= 0.3 is 12.1 Å². The minimum atomic E-state index is -4.60. The summed E-state index contributed by atoms with van der Waals surface area (Å²) in [7, 11) is 1.04. The molecular weight excluding hydrogens is 213 g/mol. The van der Waals surface area contributed by atoms with E-state index in [4.69, 9.17) is 0 Å². The Balaban J connectivity index is 3.23. The highest BCUT2D eigenvalue weighted by Gasteiger charge is 2.34. The molecular formula is C8H7F3N2O2. The van der Waals surface area contributed by atoms with E-state index in [1.54, 1.807) is 0 Å². The summed E-state index contributed by atoms with van der Waals surface area (Å²) < 4.78 is 41.0. The number of rotatable bonds is 1. The van der Waals surface area contributed by atoms with E-state index in [1.807, 2.05) is 0 Å². The molecule has 0 bridgehead atoms. The molecule has 0 unspecified atom stereocenters. The second-order valence-electron chi connectivity index (χ2n) is 2.71. The smallest absolute Gasteiger partial charge is 0.433 e. The van der Waals surface area contributed by atoms with Gasteiger partial charge in [0.25, 0.3) is 0 Å². The molecule has 0 amide bonds. The van der Waals surface area contributed by atoms with Gasteiger partial charge in [0.15, 0.2) is 0 Å². The summed E-state index contributed by atoms with van der Waals surface area (Å²) in [6.07, 6.45) is -4.60. The summed E-state index contributed by atoms with van der Waals surface area (Å²) in [5.41, 5.74) is -1.10. The Morgan fingerprint density at radius 3 is 2.47 bits per heavy atom. The molecule has 82 valence electrons. The monoisotopic (exact) mass is 220 g/mol. The van der Waals surface area contributed by atoms with Gasteiger partial charge in [0, 0.05) is 5.69 Å². The molecule has 7 heteroatoms. The van der Waals surface area contributed by atoms with E-state index in [2.05, 4.69) is 14.7 Å². The zero-order valence-electron chi connectivity index (χ0n) is 7.92. The lowest BCUT2D eigenvalue weighted by molar-refractivity contribution is -0.141. The summed E-state index contributed by atoms with van der Waals surface area (Å²) in [5.74, 6) is -1.59. The number of aryl methyl sites for hydroxylation is 1. The number of methoxy groups -OCH3 is 1. The van der Waals surface area contributed by atoms with Gasteiger partial charge in [-0.25, -0.2) is 14.8 Å². The number of ether oxygens (including phenoxy) is 1. The van der Waals surface area contributed by atoms with Crippen LogP contribution in [0.3, 0.4) is 0 Å². The summed E-state index contributed by atoms with van der Waals surface area (Å²) >= 11 is 0. The van der Waals surface area contributed by atoms with Gasteiger partial charge in [0.05, 0.1) is 7.11 Å². The van der Waals surface area contributed by atoms with Crippen LogP contribution in [0, 0.1) is 6.92 Å². The molecule has 0 atom stereocenters. The number of carbonyl (C=O) groups is 1. The minimum absolute atomic E-state index is 0.0534. The Labute approximate surface area is 83.1 Å². The number of nitrogens with zero attached hydrogens (tertiary/aromatic N) is 2. The quantitative estimate of drug-likeness (QED) is 0.674. The third-order valence-electron chi connectivity index (χ3n) is 1.51. The molecule has 0 radical (unpaired) electrons. The van der Waals surface area contributed by atoms with Crippen molar-refractivity contribution in [2.24, 2.45) is 0 Å². The van der Waals surface area contributed by atoms with E-state index >= 15 is 0 Å². The number of alkyl halides is 3. The average Bonchev–Trinajstić information content (AvgIpc) is 2.14. The molecule has 0 aromatic carbocycles. The van der Waals surface area contributed by atoms with Crippen LogP contribution in [0.25, 0.3) is 0 Å². The van der Waals surface area contributed by atoms with E-state index in [-0.39, 0.29) is 5.69 Å². The highest BCUT2D eigenvalue weighted by Crippen LogP contribution is 2.27. The number of aromatic nitrogens is 2. The lowest BCUT2D eigenvalue weighted by atomic mass is 10.3. The van der Waals surface area contributed by atoms with E-state index in [0.717, 1.165) is 13.2 Å². The van der Waals surface area contributed by atoms with Gasteiger partial charge < -0.3 is 4.74 Å². The van der Waals surface area contributed by atoms with Crippen LogP contribution in [0.4, 0.5) is 13.2 Å². The van der Waals surface area contributed by atoms with Crippen LogP contribution in [-0.4, -0.2) is 23.0 Å². The van der Waals surface area contributed by atoms with Crippen molar-refractivity contribution in [3.8, 4) is 0 Å². The van der Waals surface area contributed by atoms with Crippen LogP contribution in [0.1, 0.15) is 22.0 Å². The number of halogens is 3. The van der Waals surface area contributed by atoms with Crippen molar-refractivity contribution >= 4 is 5.97 Å². The zero-order chi connectivity index (χ0) is 11.6. The van der Waals surface area contributed by atoms with Crippen LogP contribution in [-0.2, 0) is 10.9 Å². The molecule has 1 aromatic rings. The Morgan fingerprint density at radius 1 is 1.40 bits per heavy atom. The summed E-state index contributed by atoms with van der Waals surface area (Å²) in [4.78, 5) is 17.5. The Morgan fingerprint density at radius 2 is 2.00 bits per heavy atom. The number of hydrogen-bond acceptors (Lipinski definition) is 4. The highest BCUT2D eigenvalue weighted by molar-refractivity contribution is 5.85. The van der Waals surface area contributed by atoms with Gasteiger partial charge in [-0.15, -0.1) is 0 Å². The molecule has 0 spiro atoms. The maximum Gasteiger partial charge on any atom is 0.433 e. The molecule has 0 aliphatic heterocycles. The summed E-state index contributed by atoms with van der Waals surface area (Å²) in [5, 5.41) is 0. The van der Waals surface area contributed by atoms with E-state index < -0.39 is 23.7 Å². The third-order valence-corrected chi connectivity index (χ3v) is 1.51. The first-order valence-corrected chi connectivity index (χ1v) is 3.86. The Hall–Kier alpha value is -1.66. The number of hydrogen-bond donors (Lipinski definition) is 0. The summed E-state index contributed by atoms with van der Waals surface area (Å²) in [6, 6.07) is 0.756. The fourth-order valence-electron chi connectivity index (χ4n) is 0.896. The van der Waals surface area contributed by atoms with Crippen molar-refractivity contribution in [2.75, 3.05) is 7.11 Å². The fraction of sp³-hybridized carbons (Fsp3) is 0.375. The van der Waals surface area contributed by atoms with Crippen LogP contribution in [0.15, 0.2) is 6.07 Å². The van der Waals surface area contributed by atoms with E-state index in [1.165, 1.54) is 6.92 Å². The van der Waals surface area contributed by atoms with Gasteiger partial charge in [0.2, 0.25) is 5.82 Å². The lowest BCUT2D eigenvalue weighted by Gasteiger charge is -2.07. The van der Waals surface area contributed by atoms with Gasteiger partial charge in [-0.05, 0) is 13.0 Å². The van der Waals surface area contributed by atoms with Crippen molar-refractivity contribution in [1.29, 1.82) is 0 Å². The average molecular weight is 220 g/mol. The normalized spacial score (nSPS) is 11.3. The molecule has 1 rings (SSSR count). The molecule has 0 saturated carbocycles. The Kier molecular flexibility index (Phi) is 2.92. The Bertz CT molecular complexity index is 390. The van der Waals surface area contributed by atoms with Crippen LogP contribution in [0.2, 0.25) is 0 Å². The third kappa shape index (κ3) is 2.64. The van der Waals surface area contributed by atoms with E-state index in [9.17, 15) is 18.0 Å². The van der Waals surface area contributed by atoms with E-state index in [0.29, 0.717) is 0 Å². The molecule has 1 aromatic heterocycles. The molecule has 15 heavy (non-hydrogen) atoms. The molecule has 1 heterocycles. The van der Waals surface area contributed by atoms with Gasteiger partial charge in [-0.3, -0.25) is 0 Å². The summed E-state index contributed by atoms with van der Waals surface area (Å²) in [6.45, 7) is 1.34. The standard InChI is InChI=1S/C8H7F3N2O2/c1-4-3-5(8(9,10)11)13-6(12-4)7(14)15-2/h3H,1-2H3. The number of carbonyl (C=O) groups excluding carboxylic acids is 1.